The number of benzene rings is 1. The Morgan fingerprint density at radius 3 is 2.79 bits per heavy atom. The third-order valence-electron chi connectivity index (χ3n) is 2.74. The van der Waals surface area contributed by atoms with Crippen molar-refractivity contribution >= 4 is 5.97 Å². The Labute approximate surface area is 113 Å². The minimum Gasteiger partial charge on any atom is -0.466 e. The van der Waals surface area contributed by atoms with Crippen LogP contribution in [0, 0.1) is 5.82 Å². The van der Waals surface area contributed by atoms with Gasteiger partial charge in [-0.25, -0.2) is 4.39 Å². The van der Waals surface area contributed by atoms with Crippen molar-refractivity contribution in [2.24, 2.45) is 0 Å². The maximum Gasteiger partial charge on any atom is 0.310 e. The molecule has 3 nitrogen and oxygen atoms in total. The molecule has 19 heavy (non-hydrogen) atoms. The summed E-state index contributed by atoms with van der Waals surface area (Å²) < 4.78 is 24.1. The summed E-state index contributed by atoms with van der Waals surface area (Å²) in [6.45, 7) is 4.94. The summed E-state index contributed by atoms with van der Waals surface area (Å²) in [7, 11) is 0. The molecule has 1 aromatic carbocycles. The van der Waals surface area contributed by atoms with Crippen LogP contribution in [-0.4, -0.2) is 19.2 Å². The molecule has 0 radical (unpaired) electrons. The van der Waals surface area contributed by atoms with Gasteiger partial charge >= 0.3 is 5.97 Å². The van der Waals surface area contributed by atoms with Crippen molar-refractivity contribution in [1.29, 1.82) is 0 Å². The molecule has 0 aromatic heterocycles. The lowest BCUT2D eigenvalue weighted by molar-refractivity contribution is -0.142. The molecular formula is C15H21FO3. The molecule has 0 fully saturated rings. The van der Waals surface area contributed by atoms with E-state index in [1.54, 1.807) is 19.1 Å². The predicted octanol–water partition coefficient (Wildman–Crippen LogP) is 3.25. The highest BCUT2D eigenvalue weighted by Crippen LogP contribution is 2.16. The van der Waals surface area contributed by atoms with Crippen LogP contribution in [0.3, 0.4) is 0 Å². The number of esters is 1. The van der Waals surface area contributed by atoms with Crippen molar-refractivity contribution in [2.45, 2.75) is 39.7 Å². The Bertz CT molecular complexity index is 404. The zero-order valence-corrected chi connectivity index (χ0v) is 11.6. The molecule has 106 valence electrons. The van der Waals surface area contributed by atoms with Crippen molar-refractivity contribution in [3.63, 3.8) is 0 Å². The number of unbranched alkanes of at least 4 members (excludes halogenated alkanes) is 1. The van der Waals surface area contributed by atoms with E-state index >= 15 is 0 Å². The minimum atomic E-state index is -0.345. The molecule has 0 saturated carbocycles. The summed E-state index contributed by atoms with van der Waals surface area (Å²) in [4.78, 5) is 11.5. The lowest BCUT2D eigenvalue weighted by atomic mass is 10.0. The summed E-state index contributed by atoms with van der Waals surface area (Å²) in [5.41, 5.74) is 1.08. The van der Waals surface area contributed by atoms with Gasteiger partial charge in [0.15, 0.2) is 0 Å². The average Bonchev–Trinajstić information content (AvgIpc) is 2.37. The van der Waals surface area contributed by atoms with Gasteiger partial charge in [0.2, 0.25) is 0 Å². The van der Waals surface area contributed by atoms with E-state index < -0.39 is 0 Å². The Balaban J connectivity index is 2.68. The van der Waals surface area contributed by atoms with E-state index in [4.69, 9.17) is 9.47 Å². The minimum absolute atomic E-state index is 0.0814. The zero-order chi connectivity index (χ0) is 14.1. The standard InChI is InChI=1S/C15H21FO3/c1-3-5-9-18-11-13-12(7-6-8-14(13)16)10-15(17)19-4-2/h6-8H,3-5,9-11H2,1-2H3. The van der Waals surface area contributed by atoms with Crippen LogP contribution in [0.25, 0.3) is 0 Å². The largest absolute Gasteiger partial charge is 0.466 e. The summed E-state index contributed by atoms with van der Waals surface area (Å²) in [5, 5.41) is 0. The van der Waals surface area contributed by atoms with Gasteiger partial charge < -0.3 is 9.47 Å². The van der Waals surface area contributed by atoms with Gasteiger partial charge in [-0.1, -0.05) is 25.5 Å². The van der Waals surface area contributed by atoms with E-state index in [0.717, 1.165) is 12.8 Å². The van der Waals surface area contributed by atoms with Crippen LogP contribution in [0.1, 0.15) is 37.8 Å². The van der Waals surface area contributed by atoms with E-state index in [-0.39, 0.29) is 24.8 Å². The Morgan fingerprint density at radius 2 is 2.11 bits per heavy atom. The highest BCUT2D eigenvalue weighted by molar-refractivity contribution is 5.73. The second-order valence-electron chi connectivity index (χ2n) is 4.27. The number of hydrogen-bond donors (Lipinski definition) is 0. The predicted molar refractivity (Wildman–Crippen MR) is 71.3 cm³/mol. The highest BCUT2D eigenvalue weighted by Gasteiger charge is 2.12. The number of halogens is 1. The smallest absolute Gasteiger partial charge is 0.310 e. The van der Waals surface area contributed by atoms with Gasteiger partial charge in [0, 0.05) is 12.2 Å². The number of ether oxygens (including phenoxy) is 2. The molecule has 0 aliphatic carbocycles. The SMILES string of the molecule is CCCCOCc1c(F)cccc1CC(=O)OCC. The molecule has 1 aromatic rings. The Hall–Kier alpha value is -1.42. The lowest BCUT2D eigenvalue weighted by Gasteiger charge is -2.11. The number of rotatable bonds is 8. The average molecular weight is 268 g/mol. The molecular weight excluding hydrogens is 247 g/mol. The van der Waals surface area contributed by atoms with Crippen LogP contribution >= 0.6 is 0 Å². The summed E-state index contributed by atoms with van der Waals surface area (Å²) in [6, 6.07) is 4.71. The normalized spacial score (nSPS) is 10.5. The maximum absolute atomic E-state index is 13.8. The molecule has 4 heteroatoms. The molecule has 0 saturated heterocycles. The van der Waals surface area contributed by atoms with Gasteiger partial charge in [-0.15, -0.1) is 0 Å². The third-order valence-corrected chi connectivity index (χ3v) is 2.74. The van der Waals surface area contributed by atoms with Crippen molar-refractivity contribution in [3.8, 4) is 0 Å². The molecule has 0 N–H and O–H groups in total. The van der Waals surface area contributed by atoms with Gasteiger partial charge in [-0.05, 0) is 25.0 Å². The molecule has 1 rings (SSSR count). The van der Waals surface area contributed by atoms with E-state index in [0.29, 0.717) is 24.3 Å². The molecule has 0 unspecified atom stereocenters. The number of carbonyl (C=O) groups excluding carboxylic acids is 1. The first-order valence-electron chi connectivity index (χ1n) is 6.68. The molecule has 0 aliphatic rings. The quantitative estimate of drug-likeness (QED) is 0.536. The van der Waals surface area contributed by atoms with E-state index in [1.807, 2.05) is 0 Å². The second kappa shape index (κ2) is 8.64. The van der Waals surface area contributed by atoms with Crippen LogP contribution in [0.4, 0.5) is 4.39 Å². The van der Waals surface area contributed by atoms with Crippen molar-refractivity contribution in [1.82, 2.24) is 0 Å². The topological polar surface area (TPSA) is 35.5 Å². The first-order chi connectivity index (χ1) is 9.19. The van der Waals surface area contributed by atoms with Crippen molar-refractivity contribution in [3.05, 3.63) is 35.1 Å². The fraction of sp³-hybridized carbons (Fsp3) is 0.533. The third kappa shape index (κ3) is 5.39. The van der Waals surface area contributed by atoms with Gasteiger partial charge in [-0.2, -0.15) is 0 Å². The first-order valence-corrected chi connectivity index (χ1v) is 6.68. The van der Waals surface area contributed by atoms with Gasteiger partial charge in [0.05, 0.1) is 19.6 Å². The zero-order valence-electron chi connectivity index (χ0n) is 11.6. The van der Waals surface area contributed by atoms with Gasteiger partial charge in [-0.3, -0.25) is 4.79 Å². The monoisotopic (exact) mass is 268 g/mol. The van der Waals surface area contributed by atoms with Crippen LogP contribution in [0.5, 0.6) is 0 Å². The summed E-state index contributed by atoms with van der Waals surface area (Å²) in [6.07, 6.45) is 2.06. The number of hydrogen-bond acceptors (Lipinski definition) is 3. The highest BCUT2D eigenvalue weighted by atomic mass is 19.1. The summed E-state index contributed by atoms with van der Waals surface area (Å²) in [5.74, 6) is -0.679. The van der Waals surface area contributed by atoms with E-state index in [1.165, 1.54) is 6.07 Å². The molecule has 0 spiro atoms. The van der Waals surface area contributed by atoms with Crippen molar-refractivity contribution in [2.75, 3.05) is 13.2 Å². The second-order valence-corrected chi connectivity index (χ2v) is 4.27. The molecule has 0 atom stereocenters. The van der Waals surface area contributed by atoms with E-state index in [9.17, 15) is 9.18 Å². The molecule has 0 bridgehead atoms. The van der Waals surface area contributed by atoms with E-state index in [2.05, 4.69) is 6.92 Å². The Kier molecular flexibility index (Phi) is 7.11. The summed E-state index contributed by atoms with van der Waals surface area (Å²) >= 11 is 0. The van der Waals surface area contributed by atoms with Crippen LogP contribution in [0.2, 0.25) is 0 Å². The number of carbonyl (C=O) groups is 1. The molecule has 0 heterocycles. The molecule has 0 amide bonds. The van der Waals surface area contributed by atoms with Gasteiger partial charge in [0.25, 0.3) is 0 Å². The van der Waals surface area contributed by atoms with Crippen LogP contribution in [0.15, 0.2) is 18.2 Å². The fourth-order valence-corrected chi connectivity index (χ4v) is 1.72. The van der Waals surface area contributed by atoms with Gasteiger partial charge in [0.1, 0.15) is 5.82 Å². The lowest BCUT2D eigenvalue weighted by Crippen LogP contribution is -2.11. The molecule has 0 aliphatic heterocycles. The Morgan fingerprint density at radius 1 is 1.32 bits per heavy atom. The fourth-order valence-electron chi connectivity index (χ4n) is 1.72. The maximum atomic E-state index is 13.8. The van der Waals surface area contributed by atoms with Crippen LogP contribution < -0.4 is 0 Å². The first kappa shape index (κ1) is 15.6. The van der Waals surface area contributed by atoms with Crippen molar-refractivity contribution < 1.29 is 18.7 Å². The van der Waals surface area contributed by atoms with Crippen LogP contribution in [-0.2, 0) is 27.3 Å².